The Morgan fingerprint density at radius 1 is 0.652 bits per heavy atom. The summed E-state index contributed by atoms with van der Waals surface area (Å²) in [5.41, 5.74) is 5.58. The van der Waals surface area contributed by atoms with Crippen LogP contribution in [0.25, 0.3) is 33.2 Å². The molecule has 0 N–H and O–H groups in total. The van der Waals surface area contributed by atoms with E-state index in [1.165, 1.54) is 43.8 Å². The molecule has 0 heterocycles. The van der Waals surface area contributed by atoms with Crippen LogP contribution in [0.4, 0.5) is 0 Å². The predicted molar refractivity (Wildman–Crippen MR) is 99.5 cm³/mol. The van der Waals surface area contributed by atoms with Gasteiger partial charge in [-0.3, -0.25) is 0 Å². The van der Waals surface area contributed by atoms with Crippen LogP contribution in [-0.4, -0.2) is 0 Å². The Hall–Kier alpha value is -2.86. The van der Waals surface area contributed by atoms with Crippen molar-refractivity contribution < 1.29 is 0 Å². The molecule has 0 saturated heterocycles. The fourth-order valence-electron chi connectivity index (χ4n) is 3.83. The van der Waals surface area contributed by atoms with Crippen LogP contribution in [0.2, 0.25) is 0 Å². The number of fused-ring (bicyclic) bond motifs is 1. The Kier molecular flexibility index (Phi) is 2.65. The van der Waals surface area contributed by atoms with Gasteiger partial charge in [-0.2, -0.15) is 0 Å². The van der Waals surface area contributed by atoms with Crippen LogP contribution in [0.1, 0.15) is 16.7 Å². The second-order valence-corrected chi connectivity index (χ2v) is 6.24. The molecule has 4 aromatic rings. The van der Waals surface area contributed by atoms with Crippen LogP contribution in [0.15, 0.2) is 78.9 Å². The van der Waals surface area contributed by atoms with E-state index < -0.39 is 0 Å². The zero-order chi connectivity index (χ0) is 15.2. The highest BCUT2D eigenvalue weighted by Crippen LogP contribution is 2.39. The van der Waals surface area contributed by atoms with E-state index in [1.807, 2.05) is 0 Å². The van der Waals surface area contributed by atoms with Crippen molar-refractivity contribution in [3.05, 3.63) is 95.6 Å². The fraction of sp³-hybridized carbons (Fsp3) is 0.0435. The lowest BCUT2D eigenvalue weighted by atomic mass is 9.99. The maximum absolute atomic E-state index is 2.37. The topological polar surface area (TPSA) is 0 Å². The van der Waals surface area contributed by atoms with E-state index in [0.717, 1.165) is 6.42 Å². The molecule has 0 fully saturated rings. The molecule has 4 aromatic carbocycles. The third-order valence-electron chi connectivity index (χ3n) is 4.87. The van der Waals surface area contributed by atoms with E-state index in [2.05, 4.69) is 84.9 Å². The number of hydrogen-bond donors (Lipinski definition) is 0. The van der Waals surface area contributed by atoms with Gasteiger partial charge >= 0.3 is 0 Å². The number of allylic oxidation sites excluding steroid dienone is 1. The van der Waals surface area contributed by atoms with E-state index >= 15 is 0 Å². The van der Waals surface area contributed by atoms with E-state index in [9.17, 15) is 0 Å². The highest BCUT2D eigenvalue weighted by molar-refractivity contribution is 6.06. The summed E-state index contributed by atoms with van der Waals surface area (Å²) in [6, 6.07) is 28.5. The van der Waals surface area contributed by atoms with Gasteiger partial charge in [0, 0.05) is 0 Å². The summed E-state index contributed by atoms with van der Waals surface area (Å²) in [7, 11) is 0. The maximum atomic E-state index is 2.37. The average Bonchev–Trinajstić information content (AvgIpc) is 2.95. The zero-order valence-electron chi connectivity index (χ0n) is 12.8. The average molecular weight is 292 g/mol. The monoisotopic (exact) mass is 292 g/mol. The molecule has 0 radical (unpaired) electrons. The van der Waals surface area contributed by atoms with Gasteiger partial charge in [0.2, 0.25) is 0 Å². The van der Waals surface area contributed by atoms with Crippen molar-refractivity contribution in [3.63, 3.8) is 0 Å². The number of benzene rings is 4. The van der Waals surface area contributed by atoms with Crippen molar-refractivity contribution in [2.24, 2.45) is 0 Å². The van der Waals surface area contributed by atoms with Crippen molar-refractivity contribution in [1.29, 1.82) is 0 Å². The molecule has 1 aliphatic rings. The van der Waals surface area contributed by atoms with Crippen LogP contribution in [0.5, 0.6) is 0 Å². The highest BCUT2D eigenvalue weighted by atomic mass is 14.2. The Bertz CT molecular complexity index is 1070. The normalized spacial score (nSPS) is 14.9. The van der Waals surface area contributed by atoms with Gasteiger partial charge in [-0.1, -0.05) is 84.9 Å². The summed E-state index contributed by atoms with van der Waals surface area (Å²) >= 11 is 0. The predicted octanol–water partition coefficient (Wildman–Crippen LogP) is 6.09. The van der Waals surface area contributed by atoms with Crippen molar-refractivity contribution in [2.45, 2.75) is 6.42 Å². The molecule has 23 heavy (non-hydrogen) atoms. The second kappa shape index (κ2) is 4.82. The highest BCUT2D eigenvalue weighted by Gasteiger charge is 2.18. The largest absolute Gasteiger partial charge is 0.0616 e. The minimum absolute atomic E-state index is 1.03. The maximum Gasteiger partial charge on any atom is -0.00130 e. The van der Waals surface area contributed by atoms with Gasteiger partial charge in [-0.05, 0) is 50.2 Å². The molecule has 0 nitrogen and oxygen atoms in total. The summed E-state index contributed by atoms with van der Waals surface area (Å²) < 4.78 is 0. The van der Waals surface area contributed by atoms with Crippen LogP contribution in [0, 0.1) is 0 Å². The van der Waals surface area contributed by atoms with Gasteiger partial charge in [0.15, 0.2) is 0 Å². The first-order chi connectivity index (χ1) is 11.4. The third-order valence-corrected chi connectivity index (χ3v) is 4.87. The molecule has 1 aliphatic carbocycles. The van der Waals surface area contributed by atoms with Gasteiger partial charge in [0.1, 0.15) is 0 Å². The van der Waals surface area contributed by atoms with Gasteiger partial charge in [-0.25, -0.2) is 0 Å². The Morgan fingerprint density at radius 2 is 1.39 bits per heavy atom. The molecule has 0 aromatic heterocycles. The smallest absolute Gasteiger partial charge is 0.00130 e. The van der Waals surface area contributed by atoms with Gasteiger partial charge in [0.05, 0.1) is 0 Å². The molecule has 108 valence electrons. The minimum Gasteiger partial charge on any atom is -0.0616 e. The molecule has 0 saturated carbocycles. The molecule has 5 rings (SSSR count). The second-order valence-electron chi connectivity index (χ2n) is 6.24. The lowest BCUT2D eigenvalue weighted by Crippen LogP contribution is -1.83. The molecule has 0 amide bonds. The summed E-state index contributed by atoms with van der Waals surface area (Å²) in [5.74, 6) is 0. The SMILES string of the molecule is C(=C1Cc2cccc3cccc1c23)c1cccc2ccccc12. The lowest BCUT2D eigenvalue weighted by molar-refractivity contribution is 1.38. The van der Waals surface area contributed by atoms with E-state index in [0.29, 0.717) is 0 Å². The molecule has 0 atom stereocenters. The van der Waals surface area contributed by atoms with Crippen LogP contribution >= 0.6 is 0 Å². The molecule has 0 unspecified atom stereocenters. The number of hydrogen-bond acceptors (Lipinski definition) is 0. The Balaban J connectivity index is 1.75. The number of rotatable bonds is 1. The first kappa shape index (κ1) is 12.7. The zero-order valence-corrected chi connectivity index (χ0v) is 12.8. The molecule has 0 spiro atoms. The Morgan fingerprint density at radius 3 is 2.35 bits per heavy atom. The molecular weight excluding hydrogens is 276 g/mol. The van der Waals surface area contributed by atoms with Gasteiger partial charge in [-0.15, -0.1) is 0 Å². The van der Waals surface area contributed by atoms with Crippen molar-refractivity contribution in [2.75, 3.05) is 0 Å². The molecule has 0 aliphatic heterocycles. The minimum atomic E-state index is 1.03. The molecule has 0 bridgehead atoms. The molecular formula is C23H16. The summed E-state index contributed by atoms with van der Waals surface area (Å²) in [6.07, 6.45) is 3.40. The van der Waals surface area contributed by atoms with Crippen LogP contribution < -0.4 is 0 Å². The van der Waals surface area contributed by atoms with Crippen molar-refractivity contribution >= 4 is 33.2 Å². The summed E-state index contributed by atoms with van der Waals surface area (Å²) in [5, 5.41) is 5.41. The van der Waals surface area contributed by atoms with Crippen LogP contribution in [0.3, 0.4) is 0 Å². The first-order valence-corrected chi connectivity index (χ1v) is 8.09. The lowest BCUT2D eigenvalue weighted by Gasteiger charge is -2.05. The third kappa shape index (κ3) is 1.92. The molecule has 0 heteroatoms. The summed E-state index contributed by atoms with van der Waals surface area (Å²) in [6.45, 7) is 0. The first-order valence-electron chi connectivity index (χ1n) is 8.09. The van der Waals surface area contributed by atoms with Crippen molar-refractivity contribution in [3.8, 4) is 0 Å². The van der Waals surface area contributed by atoms with Crippen molar-refractivity contribution in [1.82, 2.24) is 0 Å². The summed E-state index contributed by atoms with van der Waals surface area (Å²) in [4.78, 5) is 0. The van der Waals surface area contributed by atoms with E-state index in [-0.39, 0.29) is 0 Å². The quantitative estimate of drug-likeness (QED) is 0.398. The fourth-order valence-corrected chi connectivity index (χ4v) is 3.83. The van der Waals surface area contributed by atoms with Gasteiger partial charge < -0.3 is 0 Å². The van der Waals surface area contributed by atoms with E-state index in [4.69, 9.17) is 0 Å². The van der Waals surface area contributed by atoms with Gasteiger partial charge in [0.25, 0.3) is 0 Å². The Labute approximate surface area is 135 Å². The van der Waals surface area contributed by atoms with E-state index in [1.54, 1.807) is 0 Å². The standard InChI is InChI=1S/C23H16/c1-2-12-21-16(6-1)7-3-10-18(21)14-20-15-19-11-4-8-17-9-5-13-22(20)23(17)19/h1-14H,15H2. The van der Waals surface area contributed by atoms with Crippen LogP contribution in [-0.2, 0) is 6.42 Å².